The van der Waals surface area contributed by atoms with E-state index in [2.05, 4.69) is 10.1 Å². The number of aliphatic hydroxyl groups excluding tert-OH is 1. The Balaban J connectivity index is 4.18. The van der Waals surface area contributed by atoms with Crippen LogP contribution < -0.4 is 5.32 Å². The summed E-state index contributed by atoms with van der Waals surface area (Å²) in [5.41, 5.74) is 0. The Hall–Kier alpha value is -1.00. The first kappa shape index (κ1) is 14.0. The maximum atomic E-state index is 11.2. The van der Waals surface area contributed by atoms with Gasteiger partial charge in [0.2, 0.25) is 12.3 Å². The van der Waals surface area contributed by atoms with Gasteiger partial charge in [-0.25, -0.2) is 4.79 Å². The molecule has 0 saturated heterocycles. The third kappa shape index (κ3) is 6.14. The smallest absolute Gasteiger partial charge is 0.366 e. The molecule has 1 amide bonds. The number of carbonyl (C=O) groups excluding carboxylic acids is 2. The number of carbonyl (C=O) groups is 2. The highest BCUT2D eigenvalue weighted by Crippen LogP contribution is 2.20. The molecule has 0 fully saturated rings. The second kappa shape index (κ2) is 7.31. The normalized spacial score (nSPS) is 12.9. The van der Waals surface area contributed by atoms with E-state index in [4.69, 9.17) is 5.11 Å². The fourth-order valence-corrected chi connectivity index (χ4v) is 1.67. The molecule has 0 spiro atoms. The first-order valence-corrected chi connectivity index (χ1v) is 6.02. The van der Waals surface area contributed by atoms with Gasteiger partial charge in [0.25, 0.3) is 0 Å². The zero-order chi connectivity index (χ0) is 11.8. The number of esters is 1. The quantitative estimate of drug-likeness (QED) is 0.493. The number of rotatable bonds is 6. The number of ether oxygens (including phenoxy) is 1. The van der Waals surface area contributed by atoms with E-state index in [1.807, 2.05) is 0 Å². The molecule has 2 N–H and O–H groups in total. The van der Waals surface area contributed by atoms with Gasteiger partial charge in [0, 0.05) is 13.3 Å². The van der Waals surface area contributed by atoms with Gasteiger partial charge in [-0.1, -0.05) is 4.57 Å². The van der Waals surface area contributed by atoms with Crippen LogP contribution in [0.1, 0.15) is 13.3 Å². The summed E-state index contributed by atoms with van der Waals surface area (Å²) in [6, 6.07) is -0.794. The molecule has 0 aliphatic carbocycles. The van der Waals surface area contributed by atoms with Crippen molar-refractivity contribution >= 4 is 19.7 Å². The van der Waals surface area contributed by atoms with E-state index >= 15 is 0 Å². The van der Waals surface area contributed by atoms with Gasteiger partial charge in [-0.05, 0) is 0 Å². The van der Waals surface area contributed by atoms with Crippen molar-refractivity contribution in [3.8, 4) is 0 Å². The fraction of sp³-hybridized carbons (Fsp3) is 0.750. The summed E-state index contributed by atoms with van der Waals surface area (Å²) in [4.78, 5) is 21.9. The van der Waals surface area contributed by atoms with Crippen LogP contribution in [0.15, 0.2) is 0 Å². The van der Waals surface area contributed by atoms with E-state index in [0.29, 0.717) is 0 Å². The number of hydrogen-bond donors (Lipinski definition) is 2. The van der Waals surface area contributed by atoms with Crippen molar-refractivity contribution in [3.63, 3.8) is 0 Å². The second-order valence-corrected chi connectivity index (χ2v) is 4.61. The highest BCUT2D eigenvalue weighted by Gasteiger charge is 2.24. The minimum absolute atomic E-state index is 0.172. The molecule has 0 aromatic heterocycles. The molecule has 86 valence electrons. The maximum absolute atomic E-state index is 11.2. The van der Waals surface area contributed by atoms with E-state index in [1.165, 1.54) is 14.0 Å². The van der Waals surface area contributed by atoms with Crippen LogP contribution in [0.3, 0.4) is 0 Å². The van der Waals surface area contributed by atoms with Crippen LogP contribution in [0, 0.1) is 0 Å². The first-order valence-electron chi connectivity index (χ1n) is 4.39. The minimum Gasteiger partial charge on any atom is -0.467 e. The van der Waals surface area contributed by atoms with Crippen molar-refractivity contribution in [2.75, 3.05) is 19.6 Å². The topological polar surface area (TPSA) is 92.7 Å². The lowest BCUT2D eigenvalue weighted by Crippen LogP contribution is -2.40. The second-order valence-electron chi connectivity index (χ2n) is 2.91. The Morgan fingerprint density at radius 1 is 1.53 bits per heavy atom. The van der Waals surface area contributed by atoms with Gasteiger partial charge in [0.1, 0.15) is 6.04 Å². The third-order valence-corrected chi connectivity index (χ3v) is 2.76. The van der Waals surface area contributed by atoms with Crippen molar-refractivity contribution in [1.82, 2.24) is 5.32 Å². The molecule has 0 saturated carbocycles. The van der Waals surface area contributed by atoms with Crippen molar-refractivity contribution in [1.29, 1.82) is 0 Å². The molecule has 15 heavy (non-hydrogen) atoms. The van der Waals surface area contributed by atoms with Crippen LogP contribution in [0.2, 0.25) is 0 Å². The molecule has 0 radical (unpaired) electrons. The summed E-state index contributed by atoms with van der Waals surface area (Å²) in [5.74, 6) is -0.934. The molecule has 0 aliphatic rings. The van der Waals surface area contributed by atoms with Crippen LogP contribution in [0.5, 0.6) is 0 Å². The molecule has 0 aliphatic heterocycles. The Morgan fingerprint density at radius 2 is 2.13 bits per heavy atom. The largest absolute Gasteiger partial charge is 0.467 e. The lowest BCUT2D eigenvalue weighted by Gasteiger charge is -2.12. The number of amides is 1. The molecule has 0 heterocycles. The lowest BCUT2D eigenvalue weighted by atomic mass is 10.2. The summed E-state index contributed by atoms with van der Waals surface area (Å²) >= 11 is 0. The monoisotopic (exact) mass is 236 g/mol. The number of nitrogens with one attached hydrogen (secondary N) is 1. The van der Waals surface area contributed by atoms with Gasteiger partial charge in [0.05, 0.1) is 7.11 Å². The van der Waals surface area contributed by atoms with Crippen LogP contribution in [-0.4, -0.2) is 42.6 Å². The Kier molecular flexibility index (Phi) is 6.83. The van der Waals surface area contributed by atoms with Crippen molar-refractivity contribution in [2.45, 2.75) is 19.4 Å². The number of aliphatic hydroxyl groups is 1. The highest BCUT2D eigenvalue weighted by molar-refractivity contribution is 7.44. The summed E-state index contributed by atoms with van der Waals surface area (Å²) in [6.45, 7) is 1.28. The number of methoxy groups -OCH3 is 1. The molecular weight excluding hydrogens is 221 g/mol. The van der Waals surface area contributed by atoms with Crippen LogP contribution in [0.4, 0.5) is 0 Å². The zero-order valence-electron chi connectivity index (χ0n) is 8.73. The van der Waals surface area contributed by atoms with Gasteiger partial charge < -0.3 is 15.2 Å². The Labute approximate surface area is 88.8 Å². The van der Waals surface area contributed by atoms with E-state index in [0.717, 1.165) is 0 Å². The highest BCUT2D eigenvalue weighted by atomic mass is 31.1. The molecule has 0 aromatic rings. The first-order chi connectivity index (χ1) is 7.01. The average Bonchev–Trinajstić information content (AvgIpc) is 2.21. The molecule has 6 nitrogen and oxygen atoms in total. The molecule has 7 heteroatoms. The predicted octanol–water partition coefficient (Wildman–Crippen LogP) is -0.169. The van der Waals surface area contributed by atoms with Gasteiger partial charge >= 0.3 is 13.8 Å². The third-order valence-electron chi connectivity index (χ3n) is 1.69. The zero-order valence-corrected chi connectivity index (χ0v) is 9.62. The molecule has 0 bridgehead atoms. The van der Waals surface area contributed by atoms with Crippen LogP contribution in [0.25, 0.3) is 0 Å². The van der Waals surface area contributed by atoms with E-state index in [1.54, 1.807) is 0 Å². The maximum Gasteiger partial charge on any atom is 0.366 e. The van der Waals surface area contributed by atoms with Gasteiger partial charge in [0.15, 0.2) is 6.16 Å². The summed E-state index contributed by atoms with van der Waals surface area (Å²) < 4.78 is 15.4. The van der Waals surface area contributed by atoms with Crippen molar-refractivity contribution in [3.05, 3.63) is 0 Å². The molecule has 0 aromatic carbocycles. The fourth-order valence-electron chi connectivity index (χ4n) is 0.980. The predicted molar refractivity (Wildman–Crippen MR) is 53.8 cm³/mol. The van der Waals surface area contributed by atoms with Gasteiger partial charge in [-0.2, -0.15) is 0 Å². The molecule has 0 rings (SSSR count). The van der Waals surface area contributed by atoms with Crippen molar-refractivity contribution in [2.24, 2.45) is 0 Å². The van der Waals surface area contributed by atoms with Gasteiger partial charge in [-0.3, -0.25) is 4.79 Å². The summed E-state index contributed by atoms with van der Waals surface area (Å²) in [7, 11) is -0.508. The van der Waals surface area contributed by atoms with E-state index in [9.17, 15) is 14.2 Å². The average molecular weight is 236 g/mol. The van der Waals surface area contributed by atoms with Crippen LogP contribution in [-0.2, 0) is 18.9 Å². The summed E-state index contributed by atoms with van der Waals surface area (Å²) in [6.07, 6.45) is -0.0444. The molecule has 2 atom stereocenters. The number of hydrogen-bond acceptors (Lipinski definition) is 5. The van der Waals surface area contributed by atoms with E-state index < -0.39 is 26.2 Å². The lowest BCUT2D eigenvalue weighted by molar-refractivity contribution is -0.144. The SMILES string of the molecule is COC(=O)C(CC[P+](=O)CO)NC(C)=O. The van der Waals surface area contributed by atoms with E-state index in [-0.39, 0.29) is 18.5 Å². The standard InChI is InChI=1S/C8H14NO5P/c1-6(11)9-7(8(12)14-2)3-4-15(13)5-10/h7,10H,3-5H2,1-2H3/p+1. The Morgan fingerprint density at radius 3 is 2.53 bits per heavy atom. The molecule has 2 unspecified atom stereocenters. The van der Waals surface area contributed by atoms with Crippen molar-refractivity contribution < 1.29 is 24.0 Å². The Bertz CT molecular complexity index is 255. The van der Waals surface area contributed by atoms with Gasteiger partial charge in [-0.15, -0.1) is 0 Å². The minimum atomic E-state index is -1.72. The molecular formula is C8H15NO5P+. The summed E-state index contributed by atoms with van der Waals surface area (Å²) in [5, 5.41) is 10.9. The van der Waals surface area contributed by atoms with Crippen LogP contribution >= 0.6 is 7.80 Å².